The Morgan fingerprint density at radius 3 is 2.58 bits per heavy atom. The van der Waals surface area contributed by atoms with E-state index in [1.165, 1.54) is 0 Å². The minimum absolute atomic E-state index is 0.259. The fraction of sp³-hybridized carbons (Fsp3) is 0.500. The number of benzene rings is 1. The monoisotopic (exact) mass is 335 g/mol. The summed E-state index contributed by atoms with van der Waals surface area (Å²) in [6.45, 7) is 5.14. The van der Waals surface area contributed by atoms with Crippen LogP contribution in [0.3, 0.4) is 0 Å². The van der Waals surface area contributed by atoms with E-state index in [4.69, 9.17) is 18.9 Å². The molecule has 0 saturated heterocycles. The molecule has 0 bridgehead atoms. The summed E-state index contributed by atoms with van der Waals surface area (Å²) in [5.41, 5.74) is 0.875. The fourth-order valence-corrected chi connectivity index (χ4v) is 2.68. The molecule has 0 aliphatic heterocycles. The van der Waals surface area contributed by atoms with Crippen LogP contribution >= 0.6 is 0 Å². The topological polar surface area (TPSA) is 58.9 Å². The molecule has 2 rings (SSSR count). The second-order valence-corrected chi connectivity index (χ2v) is 5.27. The number of hydrogen-bond donors (Lipinski definition) is 0. The molecular weight excluding hydrogens is 310 g/mol. The Morgan fingerprint density at radius 1 is 1.17 bits per heavy atom. The summed E-state index contributed by atoms with van der Waals surface area (Å²) in [4.78, 5) is 12.4. The van der Waals surface area contributed by atoms with Crippen LogP contribution < -0.4 is 9.47 Å². The molecule has 132 valence electrons. The summed E-state index contributed by atoms with van der Waals surface area (Å²) in [6.07, 6.45) is 2.50. The molecule has 0 aliphatic rings. The first-order valence-electron chi connectivity index (χ1n) is 8.13. The molecule has 24 heavy (non-hydrogen) atoms. The Bertz CT molecular complexity index is 679. The molecular formula is C18H25NO5. The average Bonchev–Trinajstić information content (AvgIpc) is 3.02. The second-order valence-electron chi connectivity index (χ2n) is 5.27. The lowest BCUT2D eigenvalue weighted by Crippen LogP contribution is -2.22. The second kappa shape index (κ2) is 8.59. The number of methoxy groups -OCH3 is 2. The summed E-state index contributed by atoms with van der Waals surface area (Å²) >= 11 is 0. The maximum atomic E-state index is 12.4. The van der Waals surface area contributed by atoms with E-state index in [1.54, 1.807) is 14.2 Å². The smallest absolute Gasteiger partial charge is 0.329 e. The molecule has 1 aromatic heterocycles. The molecule has 0 radical (unpaired) electrons. The third-order valence-corrected chi connectivity index (χ3v) is 3.90. The van der Waals surface area contributed by atoms with Crippen LogP contribution in [0, 0.1) is 0 Å². The van der Waals surface area contributed by atoms with Crippen LogP contribution in [0.25, 0.3) is 10.9 Å². The lowest BCUT2D eigenvalue weighted by atomic mass is 10.2. The summed E-state index contributed by atoms with van der Waals surface area (Å²) in [5.74, 6) is 1.12. The number of carbonyl (C=O) groups excluding carboxylic acids is 1. The molecule has 2 aromatic rings. The van der Waals surface area contributed by atoms with Gasteiger partial charge in [0.05, 0.1) is 26.3 Å². The molecule has 6 nitrogen and oxygen atoms in total. The average molecular weight is 335 g/mol. The Hall–Kier alpha value is -2.21. The number of fused-ring (bicyclic) bond motifs is 1. The van der Waals surface area contributed by atoms with E-state index < -0.39 is 6.04 Å². The predicted molar refractivity (Wildman–Crippen MR) is 91.8 cm³/mol. The van der Waals surface area contributed by atoms with E-state index in [2.05, 4.69) is 0 Å². The molecule has 1 atom stereocenters. The van der Waals surface area contributed by atoms with Crippen molar-refractivity contribution in [2.24, 2.45) is 0 Å². The Balaban J connectivity index is 2.29. The van der Waals surface area contributed by atoms with Crippen molar-refractivity contribution in [3.8, 4) is 11.5 Å². The fourth-order valence-electron chi connectivity index (χ4n) is 2.68. The van der Waals surface area contributed by atoms with Crippen LogP contribution in [-0.2, 0) is 14.3 Å². The van der Waals surface area contributed by atoms with Crippen LogP contribution in [0.1, 0.15) is 26.3 Å². The van der Waals surface area contributed by atoms with E-state index in [-0.39, 0.29) is 12.6 Å². The van der Waals surface area contributed by atoms with Crippen molar-refractivity contribution in [1.29, 1.82) is 0 Å². The molecule has 0 N–H and O–H groups in total. The van der Waals surface area contributed by atoms with E-state index >= 15 is 0 Å². The van der Waals surface area contributed by atoms with Crippen molar-refractivity contribution in [1.82, 2.24) is 4.57 Å². The predicted octanol–water partition coefficient (Wildman–Crippen LogP) is 3.19. The van der Waals surface area contributed by atoms with E-state index in [1.807, 2.05) is 42.8 Å². The molecule has 0 fully saturated rings. The lowest BCUT2D eigenvalue weighted by Gasteiger charge is -2.18. The standard InChI is InChI=1S/C18H25NO5/c1-5-15(18(20)24-10-9-23-6-2)19-8-7-14-16(19)11-13(21-3)12-17(14)22-4/h7-8,11-12,15H,5-6,9-10H2,1-4H3. The van der Waals surface area contributed by atoms with Gasteiger partial charge in [-0.25, -0.2) is 4.79 Å². The largest absolute Gasteiger partial charge is 0.497 e. The van der Waals surface area contributed by atoms with Crippen molar-refractivity contribution in [2.45, 2.75) is 26.3 Å². The van der Waals surface area contributed by atoms with Crippen LogP contribution in [0.4, 0.5) is 0 Å². The van der Waals surface area contributed by atoms with Gasteiger partial charge in [0.2, 0.25) is 0 Å². The van der Waals surface area contributed by atoms with Gasteiger partial charge in [-0.15, -0.1) is 0 Å². The first kappa shape index (κ1) is 18.1. The zero-order valence-electron chi connectivity index (χ0n) is 14.7. The number of rotatable bonds is 9. The number of esters is 1. The number of hydrogen-bond acceptors (Lipinski definition) is 5. The van der Waals surface area contributed by atoms with Crippen LogP contribution in [0.15, 0.2) is 24.4 Å². The Morgan fingerprint density at radius 2 is 1.96 bits per heavy atom. The molecule has 6 heteroatoms. The van der Waals surface area contributed by atoms with Gasteiger partial charge in [-0.05, 0) is 19.4 Å². The van der Waals surface area contributed by atoms with Gasteiger partial charge in [0.15, 0.2) is 0 Å². The third-order valence-electron chi connectivity index (χ3n) is 3.90. The van der Waals surface area contributed by atoms with E-state index in [9.17, 15) is 4.79 Å². The summed E-state index contributed by atoms with van der Waals surface area (Å²) in [6, 6.07) is 5.26. The minimum Gasteiger partial charge on any atom is -0.497 e. The molecule has 0 saturated carbocycles. The zero-order valence-corrected chi connectivity index (χ0v) is 14.7. The van der Waals surface area contributed by atoms with Crippen molar-refractivity contribution in [3.05, 3.63) is 24.4 Å². The zero-order chi connectivity index (χ0) is 17.5. The normalized spacial score (nSPS) is 12.2. The number of ether oxygens (including phenoxy) is 4. The van der Waals surface area contributed by atoms with Crippen LogP contribution in [-0.4, -0.2) is 44.6 Å². The molecule has 1 aromatic carbocycles. The molecule has 0 amide bonds. The van der Waals surface area contributed by atoms with Crippen molar-refractivity contribution in [2.75, 3.05) is 34.0 Å². The van der Waals surface area contributed by atoms with Gasteiger partial charge in [-0.2, -0.15) is 0 Å². The van der Waals surface area contributed by atoms with E-state index in [0.717, 1.165) is 10.9 Å². The summed E-state index contributed by atoms with van der Waals surface area (Å²) in [5, 5.41) is 0.930. The van der Waals surface area contributed by atoms with Gasteiger partial charge >= 0.3 is 5.97 Å². The maximum Gasteiger partial charge on any atom is 0.329 e. The van der Waals surface area contributed by atoms with Gasteiger partial charge in [-0.1, -0.05) is 6.92 Å². The van der Waals surface area contributed by atoms with E-state index in [0.29, 0.717) is 31.1 Å². The molecule has 1 unspecified atom stereocenters. The molecule has 0 aliphatic carbocycles. The van der Waals surface area contributed by atoms with Crippen LogP contribution in [0.5, 0.6) is 11.5 Å². The number of nitrogens with zero attached hydrogens (tertiary/aromatic N) is 1. The number of carbonyl (C=O) groups is 1. The van der Waals surface area contributed by atoms with Gasteiger partial charge < -0.3 is 23.5 Å². The highest BCUT2D eigenvalue weighted by atomic mass is 16.6. The quantitative estimate of drug-likeness (QED) is 0.520. The third kappa shape index (κ3) is 3.82. The first-order valence-corrected chi connectivity index (χ1v) is 8.13. The van der Waals surface area contributed by atoms with Gasteiger partial charge in [0.1, 0.15) is 24.1 Å². The maximum absolute atomic E-state index is 12.4. The number of aromatic nitrogens is 1. The Labute approximate surface area is 142 Å². The minimum atomic E-state index is -0.402. The van der Waals surface area contributed by atoms with Gasteiger partial charge in [0.25, 0.3) is 0 Å². The highest BCUT2D eigenvalue weighted by Crippen LogP contribution is 2.34. The lowest BCUT2D eigenvalue weighted by molar-refractivity contribution is -0.149. The summed E-state index contributed by atoms with van der Waals surface area (Å²) in [7, 11) is 3.22. The summed E-state index contributed by atoms with van der Waals surface area (Å²) < 4.78 is 23.2. The molecule has 0 spiro atoms. The van der Waals surface area contributed by atoms with Gasteiger partial charge in [-0.3, -0.25) is 0 Å². The SMILES string of the molecule is CCOCCOC(=O)C(CC)n1ccc2c(OC)cc(OC)cc21. The van der Waals surface area contributed by atoms with Gasteiger partial charge in [0, 0.05) is 30.3 Å². The van der Waals surface area contributed by atoms with Crippen molar-refractivity contribution >= 4 is 16.9 Å². The molecule has 1 heterocycles. The Kier molecular flexibility index (Phi) is 6.49. The first-order chi connectivity index (χ1) is 11.7. The van der Waals surface area contributed by atoms with Crippen molar-refractivity contribution < 1.29 is 23.7 Å². The highest BCUT2D eigenvalue weighted by molar-refractivity contribution is 5.89. The highest BCUT2D eigenvalue weighted by Gasteiger charge is 2.22. The van der Waals surface area contributed by atoms with Crippen LogP contribution in [0.2, 0.25) is 0 Å². The van der Waals surface area contributed by atoms with Crippen molar-refractivity contribution in [3.63, 3.8) is 0 Å².